The fourth-order valence-corrected chi connectivity index (χ4v) is 3.97. The molecule has 0 unspecified atom stereocenters. The van der Waals surface area contributed by atoms with E-state index >= 15 is 0 Å². The van der Waals surface area contributed by atoms with E-state index in [0.717, 1.165) is 31.4 Å². The summed E-state index contributed by atoms with van der Waals surface area (Å²) < 4.78 is 0. The van der Waals surface area contributed by atoms with Crippen molar-refractivity contribution in [3.05, 3.63) is 22.4 Å². The number of thiophene rings is 1. The van der Waals surface area contributed by atoms with Crippen molar-refractivity contribution in [2.24, 2.45) is 10.9 Å². The molecule has 0 saturated carbocycles. The summed E-state index contributed by atoms with van der Waals surface area (Å²) in [6.07, 6.45) is 3.71. The Morgan fingerprint density at radius 2 is 2.35 bits per heavy atom. The molecule has 0 amide bonds. The number of aliphatic imine (C=N–C) groups is 1. The molecular formula is C18H32N4S. The van der Waals surface area contributed by atoms with Crippen LogP contribution in [0.4, 0.5) is 0 Å². The zero-order valence-electron chi connectivity index (χ0n) is 15.1. The van der Waals surface area contributed by atoms with Crippen LogP contribution in [0.15, 0.2) is 22.5 Å². The SMILES string of the molecule is CN=C(NC[C@H]1CCCN1CC(C)C)N(C)CCc1cccs1. The first-order chi connectivity index (χ1) is 11.1. The first kappa shape index (κ1) is 18.3. The molecule has 4 nitrogen and oxygen atoms in total. The number of nitrogens with one attached hydrogen (secondary N) is 1. The third kappa shape index (κ3) is 5.81. The number of hydrogen-bond donors (Lipinski definition) is 1. The van der Waals surface area contributed by atoms with Gasteiger partial charge in [0.25, 0.3) is 0 Å². The van der Waals surface area contributed by atoms with Gasteiger partial charge in [0.1, 0.15) is 0 Å². The summed E-state index contributed by atoms with van der Waals surface area (Å²) in [5, 5.41) is 5.73. The summed E-state index contributed by atoms with van der Waals surface area (Å²) in [7, 11) is 4.01. The highest BCUT2D eigenvalue weighted by Gasteiger charge is 2.25. The second kappa shape index (κ2) is 9.28. The van der Waals surface area contributed by atoms with E-state index in [1.54, 1.807) is 0 Å². The lowest BCUT2D eigenvalue weighted by Crippen LogP contribution is -2.46. The number of hydrogen-bond acceptors (Lipinski definition) is 3. The average molecular weight is 337 g/mol. The smallest absolute Gasteiger partial charge is 0.193 e. The quantitative estimate of drug-likeness (QED) is 0.613. The summed E-state index contributed by atoms with van der Waals surface area (Å²) >= 11 is 1.83. The predicted molar refractivity (Wildman–Crippen MR) is 101 cm³/mol. The Labute approximate surface area is 145 Å². The molecule has 1 fully saturated rings. The molecule has 5 heteroatoms. The van der Waals surface area contributed by atoms with E-state index in [-0.39, 0.29) is 0 Å². The molecule has 1 saturated heterocycles. The fourth-order valence-electron chi connectivity index (χ4n) is 3.27. The van der Waals surface area contributed by atoms with Gasteiger partial charge in [-0.15, -0.1) is 11.3 Å². The van der Waals surface area contributed by atoms with E-state index in [9.17, 15) is 0 Å². The minimum atomic E-state index is 0.653. The van der Waals surface area contributed by atoms with Crippen molar-refractivity contribution in [3.63, 3.8) is 0 Å². The van der Waals surface area contributed by atoms with Crippen molar-refractivity contribution in [1.29, 1.82) is 0 Å². The Balaban J connectivity index is 1.77. The van der Waals surface area contributed by atoms with Crippen LogP contribution in [0.5, 0.6) is 0 Å². The predicted octanol–water partition coefficient (Wildman–Crippen LogP) is 2.92. The zero-order valence-corrected chi connectivity index (χ0v) is 15.9. The maximum absolute atomic E-state index is 4.45. The standard InChI is InChI=1S/C18H32N4S/c1-15(2)14-22-10-5-7-16(22)13-20-18(19-3)21(4)11-9-17-8-6-12-23-17/h6,8,12,15-16H,5,7,9-11,13-14H2,1-4H3,(H,19,20)/t16-/m1/s1. The van der Waals surface area contributed by atoms with Crippen molar-refractivity contribution < 1.29 is 0 Å². The third-order valence-corrected chi connectivity index (χ3v) is 5.38. The van der Waals surface area contributed by atoms with Crippen LogP contribution in [0.2, 0.25) is 0 Å². The molecular weight excluding hydrogens is 304 g/mol. The van der Waals surface area contributed by atoms with Crippen molar-refractivity contribution in [2.45, 2.75) is 39.2 Å². The lowest BCUT2D eigenvalue weighted by Gasteiger charge is -2.28. The number of likely N-dealkylation sites (tertiary alicyclic amines) is 1. The lowest BCUT2D eigenvalue weighted by atomic mass is 10.1. The third-order valence-electron chi connectivity index (χ3n) is 4.44. The van der Waals surface area contributed by atoms with Gasteiger partial charge in [-0.05, 0) is 43.2 Å². The highest BCUT2D eigenvalue weighted by molar-refractivity contribution is 7.09. The molecule has 1 aromatic rings. The van der Waals surface area contributed by atoms with Crippen LogP contribution in [0, 0.1) is 5.92 Å². The Morgan fingerprint density at radius 3 is 3.00 bits per heavy atom. The largest absolute Gasteiger partial charge is 0.355 e. The topological polar surface area (TPSA) is 30.9 Å². The van der Waals surface area contributed by atoms with Crippen LogP contribution in [-0.4, -0.2) is 62.1 Å². The van der Waals surface area contributed by atoms with Gasteiger partial charge >= 0.3 is 0 Å². The van der Waals surface area contributed by atoms with Gasteiger partial charge < -0.3 is 10.2 Å². The van der Waals surface area contributed by atoms with Crippen LogP contribution in [0.1, 0.15) is 31.6 Å². The van der Waals surface area contributed by atoms with Gasteiger partial charge in [-0.3, -0.25) is 9.89 Å². The van der Waals surface area contributed by atoms with Crippen LogP contribution < -0.4 is 5.32 Å². The van der Waals surface area contributed by atoms with Gasteiger partial charge in [0, 0.05) is 44.6 Å². The van der Waals surface area contributed by atoms with Gasteiger partial charge in [-0.1, -0.05) is 19.9 Å². The van der Waals surface area contributed by atoms with E-state index in [4.69, 9.17) is 0 Å². The molecule has 0 aromatic carbocycles. The van der Waals surface area contributed by atoms with E-state index in [1.165, 1.54) is 30.8 Å². The first-order valence-electron chi connectivity index (χ1n) is 8.78. The van der Waals surface area contributed by atoms with Crippen LogP contribution in [0.25, 0.3) is 0 Å². The average Bonchev–Trinajstić information content (AvgIpc) is 3.17. The van der Waals surface area contributed by atoms with Gasteiger partial charge in [0.15, 0.2) is 5.96 Å². The molecule has 1 aliphatic rings. The summed E-state index contributed by atoms with van der Waals surface area (Å²) in [6.45, 7) is 9.07. The molecule has 2 rings (SSSR count). The maximum atomic E-state index is 4.45. The summed E-state index contributed by atoms with van der Waals surface area (Å²) in [6, 6.07) is 4.98. The van der Waals surface area contributed by atoms with Crippen molar-refractivity contribution in [3.8, 4) is 0 Å². The number of nitrogens with zero attached hydrogens (tertiary/aromatic N) is 3. The van der Waals surface area contributed by atoms with Crippen LogP contribution in [-0.2, 0) is 6.42 Å². The van der Waals surface area contributed by atoms with Gasteiger partial charge in [-0.25, -0.2) is 0 Å². The molecule has 0 spiro atoms. The molecule has 1 aromatic heterocycles. The molecule has 2 heterocycles. The van der Waals surface area contributed by atoms with Crippen LogP contribution >= 0.6 is 11.3 Å². The molecule has 0 bridgehead atoms. The number of likely N-dealkylation sites (N-methyl/N-ethyl adjacent to an activating group) is 1. The maximum Gasteiger partial charge on any atom is 0.193 e. The highest BCUT2D eigenvalue weighted by atomic mass is 32.1. The second-order valence-electron chi connectivity index (χ2n) is 6.86. The Kier molecular flexibility index (Phi) is 7.37. The number of rotatable bonds is 7. The van der Waals surface area contributed by atoms with E-state index in [0.29, 0.717) is 6.04 Å². The summed E-state index contributed by atoms with van der Waals surface area (Å²) in [4.78, 5) is 10.8. The molecule has 1 atom stereocenters. The molecule has 1 N–H and O–H groups in total. The second-order valence-corrected chi connectivity index (χ2v) is 7.90. The van der Waals surface area contributed by atoms with E-state index in [2.05, 4.69) is 58.5 Å². The Morgan fingerprint density at radius 1 is 1.52 bits per heavy atom. The Bertz CT molecular complexity index is 469. The van der Waals surface area contributed by atoms with E-state index in [1.807, 2.05) is 18.4 Å². The minimum absolute atomic E-state index is 0.653. The van der Waals surface area contributed by atoms with Crippen molar-refractivity contribution >= 4 is 17.3 Å². The highest BCUT2D eigenvalue weighted by Crippen LogP contribution is 2.18. The molecule has 130 valence electrons. The monoisotopic (exact) mass is 336 g/mol. The first-order valence-corrected chi connectivity index (χ1v) is 9.66. The zero-order chi connectivity index (χ0) is 16.7. The van der Waals surface area contributed by atoms with Crippen molar-refractivity contribution in [1.82, 2.24) is 15.1 Å². The Hall–Kier alpha value is -1.07. The van der Waals surface area contributed by atoms with Gasteiger partial charge in [0.05, 0.1) is 0 Å². The minimum Gasteiger partial charge on any atom is -0.355 e. The molecule has 0 radical (unpaired) electrons. The van der Waals surface area contributed by atoms with E-state index < -0.39 is 0 Å². The van der Waals surface area contributed by atoms with Crippen LogP contribution in [0.3, 0.4) is 0 Å². The fraction of sp³-hybridized carbons (Fsp3) is 0.722. The van der Waals surface area contributed by atoms with Crippen molar-refractivity contribution in [2.75, 3.05) is 40.3 Å². The lowest BCUT2D eigenvalue weighted by molar-refractivity contribution is 0.225. The molecule has 1 aliphatic heterocycles. The summed E-state index contributed by atoms with van der Waals surface area (Å²) in [5.41, 5.74) is 0. The molecule has 23 heavy (non-hydrogen) atoms. The van der Waals surface area contributed by atoms with Gasteiger partial charge in [0.2, 0.25) is 0 Å². The normalized spacial score (nSPS) is 19.5. The van der Waals surface area contributed by atoms with Gasteiger partial charge in [-0.2, -0.15) is 0 Å². The number of guanidine groups is 1. The summed E-state index contributed by atoms with van der Waals surface area (Å²) in [5.74, 6) is 1.75. The molecule has 0 aliphatic carbocycles.